The van der Waals surface area contributed by atoms with E-state index in [4.69, 9.17) is 4.74 Å². The summed E-state index contributed by atoms with van der Waals surface area (Å²) in [5, 5.41) is 7.21. The number of carbonyl (C=O) groups is 1. The van der Waals surface area contributed by atoms with Crippen molar-refractivity contribution in [3.8, 4) is 11.4 Å². The van der Waals surface area contributed by atoms with Crippen LogP contribution in [0.25, 0.3) is 5.69 Å². The van der Waals surface area contributed by atoms with E-state index in [1.54, 1.807) is 10.7 Å². The van der Waals surface area contributed by atoms with Crippen molar-refractivity contribution in [2.45, 2.75) is 13.8 Å². The zero-order chi connectivity index (χ0) is 18.7. The number of hydrogen-bond acceptors (Lipinski definition) is 3. The maximum absolute atomic E-state index is 13.1. The molecule has 1 heterocycles. The van der Waals surface area contributed by atoms with Gasteiger partial charge in [0.15, 0.2) is 6.61 Å². The summed E-state index contributed by atoms with van der Waals surface area (Å²) in [6.45, 7) is 3.65. The SMILES string of the molecule is Cc1ccc(-n2nc(C)cc2NC(=O)COc2ccc(F)cc2Br)cc1. The summed E-state index contributed by atoms with van der Waals surface area (Å²) in [6.07, 6.45) is 0. The van der Waals surface area contributed by atoms with Gasteiger partial charge in [0.05, 0.1) is 15.9 Å². The second-order valence-corrected chi connectivity index (χ2v) is 6.68. The van der Waals surface area contributed by atoms with E-state index < -0.39 is 0 Å². The van der Waals surface area contributed by atoms with Crippen LogP contribution in [0.4, 0.5) is 10.2 Å². The molecule has 0 aliphatic heterocycles. The van der Waals surface area contributed by atoms with Gasteiger partial charge in [0.1, 0.15) is 17.4 Å². The van der Waals surface area contributed by atoms with Crippen LogP contribution in [0.15, 0.2) is 53.0 Å². The number of carbonyl (C=O) groups excluding carboxylic acids is 1. The highest BCUT2D eigenvalue weighted by atomic mass is 79.9. The molecule has 3 aromatic rings. The predicted molar refractivity (Wildman–Crippen MR) is 101 cm³/mol. The second-order valence-electron chi connectivity index (χ2n) is 5.83. The van der Waals surface area contributed by atoms with Crippen LogP contribution in [-0.2, 0) is 4.79 Å². The van der Waals surface area contributed by atoms with Crippen molar-refractivity contribution >= 4 is 27.7 Å². The summed E-state index contributed by atoms with van der Waals surface area (Å²) >= 11 is 3.20. The number of amides is 1. The Hall–Kier alpha value is -2.67. The molecule has 0 aliphatic carbocycles. The summed E-state index contributed by atoms with van der Waals surface area (Å²) in [7, 11) is 0. The van der Waals surface area contributed by atoms with Crippen molar-refractivity contribution in [3.63, 3.8) is 0 Å². The Morgan fingerprint density at radius 3 is 2.62 bits per heavy atom. The summed E-state index contributed by atoms with van der Waals surface area (Å²) < 4.78 is 20.6. The van der Waals surface area contributed by atoms with E-state index in [1.807, 2.05) is 38.1 Å². The number of hydrogen-bond donors (Lipinski definition) is 1. The summed E-state index contributed by atoms with van der Waals surface area (Å²) in [5.74, 6) is 0.225. The Morgan fingerprint density at radius 1 is 1.19 bits per heavy atom. The third kappa shape index (κ3) is 4.29. The van der Waals surface area contributed by atoms with Crippen LogP contribution in [0.5, 0.6) is 5.75 Å². The van der Waals surface area contributed by atoms with Crippen molar-refractivity contribution < 1.29 is 13.9 Å². The minimum absolute atomic E-state index is 0.206. The fraction of sp³-hybridized carbons (Fsp3) is 0.158. The quantitative estimate of drug-likeness (QED) is 0.668. The summed E-state index contributed by atoms with van der Waals surface area (Å²) in [4.78, 5) is 12.2. The lowest BCUT2D eigenvalue weighted by atomic mass is 10.2. The molecule has 0 radical (unpaired) electrons. The first kappa shape index (κ1) is 18.1. The van der Waals surface area contributed by atoms with Crippen LogP contribution < -0.4 is 10.1 Å². The maximum atomic E-state index is 13.1. The molecule has 0 atom stereocenters. The molecule has 0 fully saturated rings. The van der Waals surface area contributed by atoms with E-state index in [9.17, 15) is 9.18 Å². The molecule has 0 saturated heterocycles. The average molecular weight is 418 g/mol. The van der Waals surface area contributed by atoms with Crippen molar-refractivity contribution in [3.05, 3.63) is 70.1 Å². The van der Waals surface area contributed by atoms with Crippen molar-refractivity contribution in [1.29, 1.82) is 0 Å². The van der Waals surface area contributed by atoms with Crippen LogP contribution in [0.1, 0.15) is 11.3 Å². The number of halogens is 2. The molecule has 1 aromatic heterocycles. The van der Waals surface area contributed by atoms with Gasteiger partial charge in [-0.1, -0.05) is 17.7 Å². The molecule has 7 heteroatoms. The Labute approximate surface area is 158 Å². The Morgan fingerprint density at radius 2 is 1.92 bits per heavy atom. The van der Waals surface area contributed by atoms with E-state index in [2.05, 4.69) is 26.3 Å². The Balaban J connectivity index is 1.70. The number of nitrogens with zero attached hydrogens (tertiary/aromatic N) is 2. The highest BCUT2D eigenvalue weighted by molar-refractivity contribution is 9.10. The zero-order valence-corrected chi connectivity index (χ0v) is 15.9. The smallest absolute Gasteiger partial charge is 0.263 e. The van der Waals surface area contributed by atoms with Gasteiger partial charge in [-0.25, -0.2) is 9.07 Å². The first-order valence-electron chi connectivity index (χ1n) is 7.94. The Kier molecular flexibility index (Phi) is 5.37. The molecule has 134 valence electrons. The predicted octanol–water partition coefficient (Wildman–Crippen LogP) is 4.41. The fourth-order valence-electron chi connectivity index (χ4n) is 2.39. The van der Waals surface area contributed by atoms with E-state index in [-0.39, 0.29) is 18.3 Å². The lowest BCUT2D eigenvalue weighted by molar-refractivity contribution is -0.118. The van der Waals surface area contributed by atoms with E-state index in [0.29, 0.717) is 16.0 Å². The average Bonchev–Trinajstić information content (AvgIpc) is 2.95. The van der Waals surface area contributed by atoms with Crippen LogP contribution in [0, 0.1) is 19.7 Å². The second kappa shape index (κ2) is 7.70. The maximum Gasteiger partial charge on any atom is 0.263 e. The van der Waals surface area contributed by atoms with Gasteiger partial charge < -0.3 is 10.1 Å². The molecular formula is C19H17BrFN3O2. The molecular weight excluding hydrogens is 401 g/mol. The van der Waals surface area contributed by atoms with Crippen LogP contribution in [0.3, 0.4) is 0 Å². The molecule has 0 unspecified atom stereocenters. The van der Waals surface area contributed by atoms with Gasteiger partial charge in [-0.3, -0.25) is 4.79 Å². The lowest BCUT2D eigenvalue weighted by Crippen LogP contribution is -2.22. The van der Waals surface area contributed by atoms with E-state index in [1.165, 1.54) is 18.2 Å². The monoisotopic (exact) mass is 417 g/mol. The summed E-state index contributed by atoms with van der Waals surface area (Å²) in [5.41, 5.74) is 2.77. The van der Waals surface area contributed by atoms with Gasteiger partial charge in [0.25, 0.3) is 5.91 Å². The lowest BCUT2D eigenvalue weighted by Gasteiger charge is -2.11. The molecule has 3 rings (SSSR count). The number of aromatic nitrogens is 2. The van der Waals surface area contributed by atoms with Gasteiger partial charge in [0, 0.05) is 6.07 Å². The van der Waals surface area contributed by atoms with Gasteiger partial charge in [0.2, 0.25) is 0 Å². The summed E-state index contributed by atoms with van der Waals surface area (Å²) in [6, 6.07) is 13.6. The zero-order valence-electron chi connectivity index (χ0n) is 14.3. The highest BCUT2D eigenvalue weighted by Crippen LogP contribution is 2.25. The molecule has 0 aliphatic rings. The van der Waals surface area contributed by atoms with Crippen LogP contribution >= 0.6 is 15.9 Å². The largest absolute Gasteiger partial charge is 0.483 e. The normalized spacial score (nSPS) is 10.6. The third-order valence-corrected chi connectivity index (χ3v) is 4.25. The van der Waals surface area contributed by atoms with Crippen molar-refractivity contribution in [2.24, 2.45) is 0 Å². The highest BCUT2D eigenvalue weighted by Gasteiger charge is 2.12. The molecule has 26 heavy (non-hydrogen) atoms. The van der Waals surface area contributed by atoms with Gasteiger partial charge in [-0.2, -0.15) is 5.10 Å². The number of nitrogens with one attached hydrogen (secondary N) is 1. The third-order valence-electron chi connectivity index (χ3n) is 3.63. The standard InChI is InChI=1S/C19H17BrFN3O2/c1-12-3-6-15(7-4-12)24-18(9-13(2)23-24)22-19(25)11-26-17-8-5-14(21)10-16(17)20/h3-10H,11H2,1-2H3,(H,22,25). The molecule has 0 saturated carbocycles. The Bertz CT molecular complexity index is 938. The van der Waals surface area contributed by atoms with Crippen LogP contribution in [0.2, 0.25) is 0 Å². The number of ether oxygens (including phenoxy) is 1. The number of rotatable bonds is 5. The molecule has 1 N–H and O–H groups in total. The minimum atomic E-state index is -0.383. The number of benzene rings is 2. The molecule has 0 spiro atoms. The van der Waals surface area contributed by atoms with Gasteiger partial charge >= 0.3 is 0 Å². The molecule has 5 nitrogen and oxygen atoms in total. The van der Waals surface area contributed by atoms with Gasteiger partial charge in [-0.05, 0) is 60.1 Å². The fourth-order valence-corrected chi connectivity index (χ4v) is 2.85. The van der Waals surface area contributed by atoms with Crippen LogP contribution in [-0.4, -0.2) is 22.3 Å². The molecule has 2 aromatic carbocycles. The molecule has 1 amide bonds. The van der Waals surface area contributed by atoms with Gasteiger partial charge in [-0.15, -0.1) is 0 Å². The molecule has 0 bridgehead atoms. The number of anilines is 1. The number of aryl methyl sites for hydroxylation is 2. The first-order chi connectivity index (χ1) is 12.4. The van der Waals surface area contributed by atoms with E-state index >= 15 is 0 Å². The minimum Gasteiger partial charge on any atom is -0.483 e. The van der Waals surface area contributed by atoms with Crippen molar-refractivity contribution in [1.82, 2.24) is 9.78 Å². The topological polar surface area (TPSA) is 56.2 Å². The van der Waals surface area contributed by atoms with Crippen molar-refractivity contribution in [2.75, 3.05) is 11.9 Å². The first-order valence-corrected chi connectivity index (χ1v) is 8.73. The van der Waals surface area contributed by atoms with E-state index in [0.717, 1.165) is 16.9 Å².